The largest absolute Gasteiger partial charge is 0.367 e. The van der Waals surface area contributed by atoms with Gasteiger partial charge < -0.3 is 10.2 Å². The molecule has 0 aromatic heterocycles. The Morgan fingerprint density at radius 1 is 1.35 bits per heavy atom. The number of rotatable bonds is 4. The molecule has 17 heavy (non-hydrogen) atoms. The summed E-state index contributed by atoms with van der Waals surface area (Å²) in [6, 6.07) is 10.3. The van der Waals surface area contributed by atoms with Crippen molar-refractivity contribution >= 4 is 5.69 Å². The van der Waals surface area contributed by atoms with Crippen molar-refractivity contribution in [2.75, 3.05) is 18.0 Å². The van der Waals surface area contributed by atoms with Crippen LogP contribution in [0.1, 0.15) is 31.7 Å². The third-order valence-corrected chi connectivity index (χ3v) is 3.96. The van der Waals surface area contributed by atoms with Gasteiger partial charge in [0.2, 0.25) is 0 Å². The van der Waals surface area contributed by atoms with E-state index in [1.807, 2.05) is 0 Å². The predicted octanol–water partition coefficient (Wildman–Crippen LogP) is 2.58. The Labute approximate surface area is 104 Å². The van der Waals surface area contributed by atoms with Crippen LogP contribution in [0.3, 0.4) is 0 Å². The van der Waals surface area contributed by atoms with Crippen LogP contribution < -0.4 is 10.2 Å². The van der Waals surface area contributed by atoms with E-state index in [2.05, 4.69) is 41.4 Å². The molecule has 0 radical (unpaired) electrons. The fourth-order valence-corrected chi connectivity index (χ4v) is 2.76. The Hall–Kier alpha value is -1.02. The number of para-hydroxylation sites is 1. The quantitative estimate of drug-likeness (QED) is 0.855. The first kappa shape index (κ1) is 11.1. The Morgan fingerprint density at radius 2 is 2.18 bits per heavy atom. The first-order chi connectivity index (χ1) is 8.34. The van der Waals surface area contributed by atoms with E-state index >= 15 is 0 Å². The topological polar surface area (TPSA) is 15.3 Å². The van der Waals surface area contributed by atoms with Crippen molar-refractivity contribution < 1.29 is 0 Å². The van der Waals surface area contributed by atoms with Crippen LogP contribution in [-0.4, -0.2) is 25.2 Å². The highest BCUT2D eigenvalue weighted by molar-refractivity contribution is 5.56. The highest BCUT2D eigenvalue weighted by Gasteiger charge is 2.24. The normalized spacial score (nSPS) is 21.1. The van der Waals surface area contributed by atoms with Crippen molar-refractivity contribution in [1.29, 1.82) is 0 Å². The molecule has 1 unspecified atom stereocenters. The van der Waals surface area contributed by atoms with Crippen molar-refractivity contribution in [2.45, 2.75) is 44.7 Å². The summed E-state index contributed by atoms with van der Waals surface area (Å²) in [4.78, 5) is 2.58. The number of benzene rings is 1. The van der Waals surface area contributed by atoms with Gasteiger partial charge in [0.25, 0.3) is 0 Å². The van der Waals surface area contributed by atoms with Gasteiger partial charge in [-0.25, -0.2) is 0 Å². The van der Waals surface area contributed by atoms with Gasteiger partial charge in [-0.1, -0.05) is 18.2 Å². The summed E-state index contributed by atoms with van der Waals surface area (Å²) in [5.41, 5.74) is 2.99. The molecule has 2 heteroatoms. The molecule has 0 spiro atoms. The molecule has 1 N–H and O–H groups in total. The molecule has 92 valence electrons. The molecule has 1 atom stereocenters. The molecule has 1 aliphatic carbocycles. The number of hydrogen-bond acceptors (Lipinski definition) is 2. The maximum absolute atomic E-state index is 3.64. The smallest absolute Gasteiger partial charge is 0.0401 e. The molecule has 1 aromatic carbocycles. The number of fused-ring (bicyclic) bond motifs is 1. The standard InChI is InChI=1S/C15H22N2/c1-12(11-16-14-8-9-14)17-10-4-6-13-5-2-3-7-15(13)17/h2-3,5,7,12,14,16H,4,6,8-11H2,1H3. The SMILES string of the molecule is CC(CNC1CC1)N1CCCc2ccccc21. The van der Waals surface area contributed by atoms with Crippen molar-refractivity contribution in [3.05, 3.63) is 29.8 Å². The minimum absolute atomic E-state index is 0.608. The lowest BCUT2D eigenvalue weighted by molar-refractivity contribution is 0.539. The first-order valence-corrected chi connectivity index (χ1v) is 6.92. The summed E-state index contributed by atoms with van der Waals surface area (Å²) in [6.07, 6.45) is 5.30. The zero-order chi connectivity index (χ0) is 11.7. The van der Waals surface area contributed by atoms with E-state index < -0.39 is 0 Å². The molecule has 1 aromatic rings. The van der Waals surface area contributed by atoms with Gasteiger partial charge in [-0.05, 0) is 44.2 Å². The number of anilines is 1. The Balaban J connectivity index is 1.69. The third-order valence-electron chi connectivity index (χ3n) is 3.96. The molecule has 0 bridgehead atoms. The van der Waals surface area contributed by atoms with E-state index in [4.69, 9.17) is 0 Å². The Morgan fingerprint density at radius 3 is 3.00 bits per heavy atom. The number of nitrogens with one attached hydrogen (secondary N) is 1. The van der Waals surface area contributed by atoms with Gasteiger partial charge in [-0.2, -0.15) is 0 Å². The number of hydrogen-bond donors (Lipinski definition) is 1. The lowest BCUT2D eigenvalue weighted by Gasteiger charge is -2.36. The summed E-state index contributed by atoms with van der Waals surface area (Å²) in [5.74, 6) is 0. The highest BCUT2D eigenvalue weighted by atomic mass is 15.2. The molecule has 1 aliphatic heterocycles. The molecule has 0 saturated heterocycles. The van der Waals surface area contributed by atoms with Crippen LogP contribution >= 0.6 is 0 Å². The second-order valence-electron chi connectivity index (χ2n) is 5.46. The fraction of sp³-hybridized carbons (Fsp3) is 0.600. The lowest BCUT2D eigenvalue weighted by Crippen LogP contribution is -2.43. The third kappa shape index (κ3) is 2.47. The minimum atomic E-state index is 0.608. The van der Waals surface area contributed by atoms with Crippen molar-refractivity contribution in [1.82, 2.24) is 5.32 Å². The second kappa shape index (κ2) is 4.69. The number of nitrogens with zero attached hydrogens (tertiary/aromatic N) is 1. The van der Waals surface area contributed by atoms with Gasteiger partial charge in [0.05, 0.1) is 0 Å². The van der Waals surface area contributed by atoms with Crippen LogP contribution in [0.4, 0.5) is 5.69 Å². The molecule has 2 nitrogen and oxygen atoms in total. The van der Waals surface area contributed by atoms with Crippen LogP contribution in [0.15, 0.2) is 24.3 Å². The molecule has 1 saturated carbocycles. The molecule has 1 heterocycles. The van der Waals surface area contributed by atoms with Crippen molar-refractivity contribution in [2.24, 2.45) is 0 Å². The minimum Gasteiger partial charge on any atom is -0.367 e. The van der Waals surface area contributed by atoms with Gasteiger partial charge in [-0.15, -0.1) is 0 Å². The average Bonchev–Trinajstić information content (AvgIpc) is 3.19. The summed E-state index contributed by atoms with van der Waals surface area (Å²) in [5, 5.41) is 3.64. The van der Waals surface area contributed by atoms with Crippen LogP contribution in [-0.2, 0) is 6.42 Å². The van der Waals surface area contributed by atoms with Crippen LogP contribution in [0, 0.1) is 0 Å². The second-order valence-corrected chi connectivity index (χ2v) is 5.46. The van der Waals surface area contributed by atoms with Crippen molar-refractivity contribution in [3.63, 3.8) is 0 Å². The fourth-order valence-electron chi connectivity index (χ4n) is 2.76. The van der Waals surface area contributed by atoms with Gasteiger partial charge >= 0.3 is 0 Å². The molecular weight excluding hydrogens is 208 g/mol. The average molecular weight is 230 g/mol. The summed E-state index contributed by atoms with van der Waals surface area (Å²) in [6.45, 7) is 4.68. The summed E-state index contributed by atoms with van der Waals surface area (Å²) in [7, 11) is 0. The van der Waals surface area contributed by atoms with Crippen LogP contribution in [0.5, 0.6) is 0 Å². The van der Waals surface area contributed by atoms with Crippen molar-refractivity contribution in [3.8, 4) is 0 Å². The van der Waals surface area contributed by atoms with E-state index in [0.717, 1.165) is 12.6 Å². The van der Waals surface area contributed by atoms with Gasteiger partial charge in [0, 0.05) is 30.9 Å². The highest BCUT2D eigenvalue weighted by Crippen LogP contribution is 2.28. The van der Waals surface area contributed by atoms with Gasteiger partial charge in [0.15, 0.2) is 0 Å². The van der Waals surface area contributed by atoms with E-state index in [0.29, 0.717) is 6.04 Å². The molecule has 2 aliphatic rings. The Bertz CT molecular complexity index is 384. The maximum Gasteiger partial charge on any atom is 0.0401 e. The van der Waals surface area contributed by atoms with E-state index in [1.54, 1.807) is 0 Å². The lowest BCUT2D eigenvalue weighted by atomic mass is 10.0. The molecule has 0 amide bonds. The van der Waals surface area contributed by atoms with Crippen LogP contribution in [0.25, 0.3) is 0 Å². The monoisotopic (exact) mass is 230 g/mol. The molecule has 1 fully saturated rings. The van der Waals surface area contributed by atoms with Crippen LogP contribution in [0.2, 0.25) is 0 Å². The van der Waals surface area contributed by atoms with E-state index in [1.165, 1.54) is 43.5 Å². The zero-order valence-corrected chi connectivity index (χ0v) is 10.7. The summed E-state index contributed by atoms with van der Waals surface area (Å²) < 4.78 is 0. The predicted molar refractivity (Wildman–Crippen MR) is 72.6 cm³/mol. The number of aryl methyl sites for hydroxylation is 1. The first-order valence-electron chi connectivity index (χ1n) is 6.92. The zero-order valence-electron chi connectivity index (χ0n) is 10.7. The van der Waals surface area contributed by atoms with Gasteiger partial charge in [-0.3, -0.25) is 0 Å². The molecular formula is C15H22N2. The maximum atomic E-state index is 3.64. The van der Waals surface area contributed by atoms with E-state index in [9.17, 15) is 0 Å². The van der Waals surface area contributed by atoms with Gasteiger partial charge in [0.1, 0.15) is 0 Å². The summed E-state index contributed by atoms with van der Waals surface area (Å²) >= 11 is 0. The molecule has 3 rings (SSSR count). The Kier molecular flexibility index (Phi) is 3.06. The van der Waals surface area contributed by atoms with E-state index in [-0.39, 0.29) is 0 Å².